The molecule has 0 spiro atoms. The van der Waals surface area contributed by atoms with E-state index in [0.717, 1.165) is 16.2 Å². The van der Waals surface area contributed by atoms with E-state index in [-0.39, 0.29) is 22.2 Å². The number of oxime groups is 1. The van der Waals surface area contributed by atoms with Gasteiger partial charge in [0, 0.05) is 11.1 Å². The number of thiazole rings is 1. The molecule has 2 atom stereocenters. The summed E-state index contributed by atoms with van der Waals surface area (Å²) in [5.74, 6) is -2.07. The molecule has 10 nitrogen and oxygen atoms in total. The highest BCUT2D eigenvalue weighted by Crippen LogP contribution is 2.40. The van der Waals surface area contributed by atoms with E-state index in [1.807, 2.05) is 0 Å². The average molecular weight is 383 g/mol. The van der Waals surface area contributed by atoms with Crippen molar-refractivity contribution in [1.29, 1.82) is 0 Å². The number of nitrogens with one attached hydrogen (secondary N) is 1. The minimum Gasteiger partial charge on any atom is -0.477 e. The van der Waals surface area contributed by atoms with Crippen LogP contribution in [0.3, 0.4) is 0 Å². The molecule has 0 bridgehead atoms. The van der Waals surface area contributed by atoms with Crippen molar-refractivity contribution in [3.63, 3.8) is 0 Å². The number of rotatable bonds is 4. The Balaban J connectivity index is 1.76. The molecule has 1 aromatic heterocycles. The summed E-state index contributed by atoms with van der Waals surface area (Å²) in [6.07, 6.45) is 0. The van der Waals surface area contributed by atoms with E-state index in [1.165, 1.54) is 17.1 Å². The summed E-state index contributed by atoms with van der Waals surface area (Å²) in [5.41, 5.74) is 5.74. The largest absolute Gasteiger partial charge is 0.477 e. The SMILES string of the molecule is CC1=C(C(=O)O)N2C(=O)C(NC(=O)C(=NO)c3csc(N)n3)[C@@H]2SC1. The molecular formula is C13H13N5O5S2. The van der Waals surface area contributed by atoms with Crippen LogP contribution in [0.5, 0.6) is 0 Å². The van der Waals surface area contributed by atoms with Crippen LogP contribution in [0.15, 0.2) is 21.8 Å². The molecule has 2 aliphatic rings. The van der Waals surface area contributed by atoms with Crippen LogP contribution >= 0.6 is 23.1 Å². The second-order valence-corrected chi connectivity index (χ2v) is 7.31. The monoisotopic (exact) mass is 383 g/mol. The third-order valence-electron chi connectivity index (χ3n) is 3.73. The summed E-state index contributed by atoms with van der Waals surface area (Å²) < 4.78 is 0. The highest BCUT2D eigenvalue weighted by Gasteiger charge is 2.54. The van der Waals surface area contributed by atoms with Gasteiger partial charge in [0.15, 0.2) is 10.8 Å². The van der Waals surface area contributed by atoms with Gasteiger partial charge in [0.05, 0.1) is 0 Å². The van der Waals surface area contributed by atoms with Gasteiger partial charge in [-0.2, -0.15) is 0 Å². The van der Waals surface area contributed by atoms with Crippen molar-refractivity contribution in [2.24, 2.45) is 5.16 Å². The van der Waals surface area contributed by atoms with E-state index in [2.05, 4.69) is 15.5 Å². The zero-order chi connectivity index (χ0) is 18.3. The molecule has 3 heterocycles. The first kappa shape index (κ1) is 17.2. The van der Waals surface area contributed by atoms with Crippen LogP contribution in [0.25, 0.3) is 0 Å². The maximum atomic E-state index is 12.3. The van der Waals surface area contributed by atoms with Gasteiger partial charge in [-0.3, -0.25) is 14.5 Å². The van der Waals surface area contributed by atoms with E-state index in [4.69, 9.17) is 10.9 Å². The van der Waals surface area contributed by atoms with Crippen molar-refractivity contribution in [2.75, 3.05) is 11.5 Å². The Morgan fingerprint density at radius 1 is 1.52 bits per heavy atom. The molecule has 0 saturated carbocycles. The molecule has 3 rings (SSSR count). The Hall–Kier alpha value is -2.60. The lowest BCUT2D eigenvalue weighted by Gasteiger charge is -2.49. The highest BCUT2D eigenvalue weighted by molar-refractivity contribution is 8.00. The maximum Gasteiger partial charge on any atom is 0.352 e. The molecule has 1 fully saturated rings. The van der Waals surface area contributed by atoms with Crippen molar-refractivity contribution in [2.45, 2.75) is 18.3 Å². The number of nitrogens with zero attached hydrogens (tertiary/aromatic N) is 3. The van der Waals surface area contributed by atoms with Crippen LogP contribution in [0.4, 0.5) is 5.13 Å². The number of aromatic nitrogens is 1. The van der Waals surface area contributed by atoms with Gasteiger partial charge in [-0.1, -0.05) is 5.16 Å². The van der Waals surface area contributed by atoms with E-state index in [0.29, 0.717) is 11.3 Å². The van der Waals surface area contributed by atoms with Crippen LogP contribution in [-0.4, -0.2) is 60.9 Å². The minimum absolute atomic E-state index is 0.0532. The molecule has 2 aliphatic heterocycles. The molecule has 1 aromatic rings. The number of fused-ring (bicyclic) bond motifs is 1. The van der Waals surface area contributed by atoms with Gasteiger partial charge in [0.1, 0.15) is 22.8 Å². The lowest BCUT2D eigenvalue weighted by molar-refractivity contribution is -0.150. The van der Waals surface area contributed by atoms with Crippen LogP contribution < -0.4 is 11.1 Å². The number of β-lactam (4-membered cyclic amide) rings is 1. The Morgan fingerprint density at radius 2 is 2.24 bits per heavy atom. The number of carbonyl (C=O) groups excluding carboxylic acids is 2. The lowest BCUT2D eigenvalue weighted by Crippen LogP contribution is -2.71. The number of hydrogen-bond donors (Lipinski definition) is 4. The molecule has 12 heteroatoms. The van der Waals surface area contributed by atoms with Gasteiger partial charge in [0.25, 0.3) is 11.8 Å². The Labute approximate surface area is 149 Å². The summed E-state index contributed by atoms with van der Waals surface area (Å²) in [4.78, 5) is 41.0. The van der Waals surface area contributed by atoms with Crippen LogP contribution in [-0.2, 0) is 14.4 Å². The molecule has 2 amide bonds. The van der Waals surface area contributed by atoms with Gasteiger partial charge < -0.3 is 21.4 Å². The number of carboxylic acid groups (broad SMARTS) is 1. The number of carbonyl (C=O) groups is 3. The summed E-state index contributed by atoms with van der Waals surface area (Å²) in [5, 5.41) is 24.9. The molecule has 0 aliphatic carbocycles. The standard InChI is InChI=1S/C13H13N5O5S2/c1-4-2-24-11-7(10(20)18(11)8(4)12(21)22)16-9(19)6(17-23)5-3-25-13(14)15-5/h3,7,11,23H,2H2,1H3,(H2,14,15)(H,16,19)(H,21,22)/t7?,11-/m0/s1. The molecule has 1 saturated heterocycles. The topological polar surface area (TPSA) is 158 Å². The molecular weight excluding hydrogens is 370 g/mol. The van der Waals surface area contributed by atoms with Gasteiger partial charge in [0.2, 0.25) is 0 Å². The Morgan fingerprint density at radius 3 is 2.80 bits per heavy atom. The van der Waals surface area contributed by atoms with Crippen molar-refractivity contribution in [3.8, 4) is 0 Å². The fraction of sp³-hybridized carbons (Fsp3) is 0.308. The Kier molecular flexibility index (Phi) is 4.39. The number of nitrogens with two attached hydrogens (primary N) is 1. The number of thioether (sulfide) groups is 1. The van der Waals surface area contributed by atoms with Crippen molar-refractivity contribution in [1.82, 2.24) is 15.2 Å². The summed E-state index contributed by atoms with van der Waals surface area (Å²) in [6.45, 7) is 1.65. The highest BCUT2D eigenvalue weighted by atomic mass is 32.2. The van der Waals surface area contributed by atoms with Crippen LogP contribution in [0.1, 0.15) is 12.6 Å². The molecule has 0 radical (unpaired) electrons. The summed E-state index contributed by atoms with van der Waals surface area (Å²) in [6, 6.07) is -0.910. The van der Waals surface area contributed by atoms with Crippen LogP contribution in [0, 0.1) is 0 Å². The van der Waals surface area contributed by atoms with Crippen LogP contribution in [0.2, 0.25) is 0 Å². The van der Waals surface area contributed by atoms with Gasteiger partial charge >= 0.3 is 5.97 Å². The van der Waals surface area contributed by atoms with Crippen molar-refractivity contribution >= 4 is 51.7 Å². The number of amides is 2. The van der Waals surface area contributed by atoms with Crippen molar-refractivity contribution in [3.05, 3.63) is 22.3 Å². The van der Waals surface area contributed by atoms with E-state index in [1.54, 1.807) is 6.92 Å². The summed E-state index contributed by atoms with van der Waals surface area (Å²) >= 11 is 2.42. The van der Waals surface area contributed by atoms with Gasteiger partial charge in [-0.25, -0.2) is 9.78 Å². The second kappa shape index (κ2) is 6.37. The number of hydrogen-bond acceptors (Lipinski definition) is 9. The van der Waals surface area contributed by atoms with E-state index in [9.17, 15) is 19.5 Å². The zero-order valence-corrected chi connectivity index (χ0v) is 14.4. The molecule has 132 valence electrons. The molecule has 5 N–H and O–H groups in total. The van der Waals surface area contributed by atoms with Gasteiger partial charge in [-0.15, -0.1) is 23.1 Å². The number of nitrogen functional groups attached to an aromatic ring is 1. The zero-order valence-electron chi connectivity index (χ0n) is 12.8. The summed E-state index contributed by atoms with van der Waals surface area (Å²) in [7, 11) is 0. The third-order valence-corrected chi connectivity index (χ3v) is 5.83. The molecule has 1 unspecified atom stereocenters. The molecule has 25 heavy (non-hydrogen) atoms. The van der Waals surface area contributed by atoms with Crippen molar-refractivity contribution < 1.29 is 24.7 Å². The normalized spacial score (nSPS) is 23.2. The minimum atomic E-state index is -1.18. The smallest absolute Gasteiger partial charge is 0.352 e. The second-order valence-electron chi connectivity index (χ2n) is 5.31. The predicted octanol–water partition coefficient (Wildman–Crippen LogP) is -0.338. The first-order chi connectivity index (χ1) is 11.8. The fourth-order valence-corrected chi connectivity index (χ4v) is 4.43. The molecule has 0 aromatic carbocycles. The van der Waals surface area contributed by atoms with E-state index < -0.39 is 29.2 Å². The number of aliphatic carboxylic acids is 1. The lowest BCUT2D eigenvalue weighted by atomic mass is 10.0. The predicted molar refractivity (Wildman–Crippen MR) is 90.2 cm³/mol. The third kappa shape index (κ3) is 2.82. The first-order valence-electron chi connectivity index (χ1n) is 6.97. The quantitative estimate of drug-likeness (QED) is 0.238. The maximum absolute atomic E-state index is 12.3. The average Bonchev–Trinajstić information content (AvgIpc) is 2.98. The number of anilines is 1. The first-order valence-corrected chi connectivity index (χ1v) is 8.90. The van der Waals surface area contributed by atoms with E-state index >= 15 is 0 Å². The van der Waals surface area contributed by atoms with Gasteiger partial charge in [-0.05, 0) is 12.5 Å². The fourth-order valence-electron chi connectivity index (χ4n) is 2.59. The Bertz CT molecular complexity index is 833. The number of carboxylic acids is 1.